The van der Waals surface area contributed by atoms with E-state index in [-0.39, 0.29) is 27.8 Å². The first kappa shape index (κ1) is 20.9. The van der Waals surface area contributed by atoms with Crippen LogP contribution in [0.2, 0.25) is 0 Å². The van der Waals surface area contributed by atoms with E-state index >= 15 is 0 Å². The first-order valence-corrected chi connectivity index (χ1v) is 11.4. The SMILES string of the molecule is COc1ccc(S(=O)(=O)NCc2ccco2)cc1N(C)S(=O)(=O)c1ccccc1. The van der Waals surface area contributed by atoms with Crippen LogP contribution in [0.15, 0.2) is 81.1 Å². The molecule has 0 atom stereocenters. The maximum atomic E-state index is 12.9. The van der Waals surface area contributed by atoms with E-state index in [1.54, 1.807) is 30.3 Å². The number of hydrogen-bond donors (Lipinski definition) is 1. The van der Waals surface area contributed by atoms with E-state index < -0.39 is 20.0 Å². The van der Waals surface area contributed by atoms with Crippen LogP contribution in [0.25, 0.3) is 0 Å². The zero-order chi connectivity index (χ0) is 21.1. The minimum absolute atomic E-state index is 0.0329. The van der Waals surface area contributed by atoms with Gasteiger partial charge in [-0.25, -0.2) is 21.6 Å². The quantitative estimate of drug-likeness (QED) is 0.582. The summed E-state index contributed by atoms with van der Waals surface area (Å²) in [5, 5.41) is 0. The predicted octanol–water partition coefficient (Wildman–Crippen LogP) is 2.59. The molecule has 0 saturated heterocycles. The first-order chi connectivity index (χ1) is 13.8. The van der Waals surface area contributed by atoms with Crippen LogP contribution in [0.1, 0.15) is 5.76 Å². The number of rotatable bonds is 8. The lowest BCUT2D eigenvalue weighted by molar-refractivity contribution is 0.415. The Labute approximate surface area is 169 Å². The zero-order valence-electron chi connectivity index (χ0n) is 15.8. The zero-order valence-corrected chi connectivity index (χ0v) is 17.4. The normalized spacial score (nSPS) is 11.9. The predicted molar refractivity (Wildman–Crippen MR) is 108 cm³/mol. The topological polar surface area (TPSA) is 106 Å². The van der Waals surface area contributed by atoms with E-state index in [1.165, 1.54) is 50.8 Å². The van der Waals surface area contributed by atoms with Gasteiger partial charge in [-0.3, -0.25) is 4.31 Å². The molecule has 0 bridgehead atoms. The highest BCUT2D eigenvalue weighted by Gasteiger charge is 2.26. The lowest BCUT2D eigenvalue weighted by atomic mass is 10.3. The molecule has 3 aromatic rings. The summed E-state index contributed by atoms with van der Waals surface area (Å²) in [6.45, 7) is -0.0329. The molecule has 154 valence electrons. The fourth-order valence-electron chi connectivity index (χ4n) is 2.63. The number of methoxy groups -OCH3 is 1. The maximum Gasteiger partial charge on any atom is 0.264 e. The smallest absolute Gasteiger partial charge is 0.264 e. The molecule has 0 unspecified atom stereocenters. The average molecular weight is 437 g/mol. The number of ether oxygens (including phenoxy) is 1. The second-order valence-electron chi connectivity index (χ2n) is 6.02. The second-order valence-corrected chi connectivity index (χ2v) is 9.76. The number of nitrogens with one attached hydrogen (secondary N) is 1. The number of sulfonamides is 2. The number of benzene rings is 2. The molecular formula is C19H20N2O6S2. The largest absolute Gasteiger partial charge is 0.495 e. The van der Waals surface area contributed by atoms with Gasteiger partial charge in [-0.15, -0.1) is 0 Å². The Balaban J connectivity index is 1.96. The van der Waals surface area contributed by atoms with Crippen LogP contribution in [0, 0.1) is 0 Å². The molecule has 8 nitrogen and oxygen atoms in total. The molecular weight excluding hydrogens is 416 g/mol. The molecule has 29 heavy (non-hydrogen) atoms. The summed E-state index contributed by atoms with van der Waals surface area (Å²) in [7, 11) is -5.11. The van der Waals surface area contributed by atoms with E-state index in [9.17, 15) is 16.8 Å². The van der Waals surface area contributed by atoms with Crippen LogP contribution in [0.3, 0.4) is 0 Å². The lowest BCUT2D eigenvalue weighted by Crippen LogP contribution is -2.28. The average Bonchev–Trinajstić information content (AvgIpc) is 3.25. The number of hydrogen-bond acceptors (Lipinski definition) is 6. The monoisotopic (exact) mass is 436 g/mol. The summed E-state index contributed by atoms with van der Waals surface area (Å²) in [5.74, 6) is 0.670. The van der Waals surface area contributed by atoms with Gasteiger partial charge in [-0.05, 0) is 42.5 Å². The number of furan rings is 1. The summed E-state index contributed by atoms with van der Waals surface area (Å²) in [4.78, 5) is -0.0243. The van der Waals surface area contributed by atoms with Crippen LogP contribution in [-0.2, 0) is 26.6 Å². The van der Waals surface area contributed by atoms with Crippen LogP contribution < -0.4 is 13.8 Å². The van der Waals surface area contributed by atoms with Crippen molar-refractivity contribution in [1.29, 1.82) is 0 Å². The first-order valence-electron chi connectivity index (χ1n) is 8.50. The standard InChI is InChI=1S/C19H20N2O6S2/c1-21(29(24,25)16-8-4-3-5-9-16)18-13-17(10-11-19(18)26-2)28(22,23)20-14-15-7-6-12-27-15/h3-13,20H,14H2,1-2H3. The molecule has 0 fully saturated rings. The van der Waals surface area contributed by atoms with Crippen LogP contribution in [-0.4, -0.2) is 31.0 Å². The fourth-order valence-corrected chi connectivity index (χ4v) is 4.86. The Morgan fingerprint density at radius 2 is 1.69 bits per heavy atom. The summed E-state index contributed by atoms with van der Waals surface area (Å²) in [6.07, 6.45) is 1.44. The van der Waals surface area contributed by atoms with Crippen molar-refractivity contribution in [3.05, 3.63) is 72.7 Å². The van der Waals surface area contributed by atoms with Gasteiger partial charge in [0.25, 0.3) is 10.0 Å². The Kier molecular flexibility index (Phi) is 5.96. The molecule has 0 amide bonds. The minimum Gasteiger partial charge on any atom is -0.495 e. The van der Waals surface area contributed by atoms with Crippen LogP contribution >= 0.6 is 0 Å². The van der Waals surface area contributed by atoms with Crippen molar-refractivity contribution >= 4 is 25.7 Å². The van der Waals surface area contributed by atoms with Gasteiger partial charge in [0.1, 0.15) is 11.5 Å². The highest BCUT2D eigenvalue weighted by Crippen LogP contribution is 2.33. The van der Waals surface area contributed by atoms with Gasteiger partial charge < -0.3 is 9.15 Å². The Bertz CT molecular complexity index is 1170. The van der Waals surface area contributed by atoms with Gasteiger partial charge in [-0.2, -0.15) is 0 Å². The van der Waals surface area contributed by atoms with E-state index in [2.05, 4.69) is 4.72 Å². The third-order valence-electron chi connectivity index (χ3n) is 4.22. The van der Waals surface area contributed by atoms with Crippen molar-refractivity contribution in [3.63, 3.8) is 0 Å². The van der Waals surface area contributed by atoms with Gasteiger partial charge in [0.05, 0.1) is 35.4 Å². The lowest BCUT2D eigenvalue weighted by Gasteiger charge is -2.22. The summed E-state index contributed by atoms with van der Waals surface area (Å²) in [6, 6.07) is 15.1. The third kappa shape index (κ3) is 4.44. The van der Waals surface area contributed by atoms with Crippen molar-refractivity contribution in [2.45, 2.75) is 16.3 Å². The van der Waals surface area contributed by atoms with Crippen molar-refractivity contribution in [1.82, 2.24) is 4.72 Å². The molecule has 0 radical (unpaired) electrons. The van der Waals surface area contributed by atoms with E-state index in [1.807, 2.05) is 0 Å². The molecule has 3 rings (SSSR count). The van der Waals surface area contributed by atoms with Gasteiger partial charge in [0.15, 0.2) is 0 Å². The van der Waals surface area contributed by atoms with E-state index in [4.69, 9.17) is 9.15 Å². The summed E-state index contributed by atoms with van der Waals surface area (Å²) >= 11 is 0. The van der Waals surface area contributed by atoms with Crippen molar-refractivity contribution in [2.75, 3.05) is 18.5 Å². The van der Waals surface area contributed by atoms with Gasteiger partial charge in [-0.1, -0.05) is 18.2 Å². The van der Waals surface area contributed by atoms with Gasteiger partial charge in [0.2, 0.25) is 10.0 Å². The van der Waals surface area contributed by atoms with E-state index in [0.29, 0.717) is 5.76 Å². The maximum absolute atomic E-state index is 12.9. The number of anilines is 1. The molecule has 0 aliphatic rings. The highest BCUT2D eigenvalue weighted by molar-refractivity contribution is 7.92. The summed E-state index contributed by atoms with van der Waals surface area (Å²) < 4.78 is 65.0. The third-order valence-corrected chi connectivity index (χ3v) is 7.40. The van der Waals surface area contributed by atoms with Gasteiger partial charge >= 0.3 is 0 Å². The molecule has 1 heterocycles. The molecule has 0 aliphatic heterocycles. The second kappa shape index (κ2) is 8.27. The van der Waals surface area contributed by atoms with Crippen molar-refractivity contribution in [2.24, 2.45) is 0 Å². The minimum atomic E-state index is -3.91. The molecule has 1 N–H and O–H groups in total. The van der Waals surface area contributed by atoms with Crippen molar-refractivity contribution in [3.8, 4) is 5.75 Å². The summed E-state index contributed by atoms with van der Waals surface area (Å²) in [5.41, 5.74) is 0.0947. The Hall–Kier alpha value is -2.82. The molecule has 1 aromatic heterocycles. The van der Waals surface area contributed by atoms with E-state index in [0.717, 1.165) is 4.31 Å². The van der Waals surface area contributed by atoms with Crippen LogP contribution in [0.4, 0.5) is 5.69 Å². The van der Waals surface area contributed by atoms with Crippen molar-refractivity contribution < 1.29 is 26.0 Å². The molecule has 0 saturated carbocycles. The van der Waals surface area contributed by atoms with Gasteiger partial charge in [0, 0.05) is 7.05 Å². The van der Waals surface area contributed by atoms with Crippen LogP contribution in [0.5, 0.6) is 5.75 Å². The molecule has 2 aromatic carbocycles. The Morgan fingerprint density at radius 1 is 0.966 bits per heavy atom. The highest BCUT2D eigenvalue weighted by atomic mass is 32.2. The number of nitrogens with zero attached hydrogens (tertiary/aromatic N) is 1. The molecule has 0 aliphatic carbocycles. The fraction of sp³-hybridized carbons (Fsp3) is 0.158. The Morgan fingerprint density at radius 3 is 2.31 bits per heavy atom. The molecule has 0 spiro atoms. The molecule has 10 heteroatoms.